The Morgan fingerprint density at radius 3 is 2.81 bits per heavy atom. The predicted molar refractivity (Wildman–Crippen MR) is 102 cm³/mol. The van der Waals surface area contributed by atoms with Gasteiger partial charge in [0.2, 0.25) is 5.12 Å². The molecular formula is C19H18N4O3S. The van der Waals surface area contributed by atoms with E-state index >= 15 is 0 Å². The number of hydrogen-bond acceptors (Lipinski definition) is 6. The number of carboxylic acids is 1. The van der Waals surface area contributed by atoms with Crippen LogP contribution in [0.5, 0.6) is 0 Å². The third-order valence-corrected chi connectivity index (χ3v) is 6.07. The number of nitrogens with one attached hydrogen (secondary N) is 1. The highest BCUT2D eigenvalue weighted by Gasteiger charge is 2.35. The molecule has 8 heteroatoms. The molecule has 1 aromatic carbocycles. The zero-order valence-corrected chi connectivity index (χ0v) is 15.4. The van der Waals surface area contributed by atoms with Gasteiger partial charge in [0.1, 0.15) is 16.7 Å². The Morgan fingerprint density at radius 1 is 1.33 bits per heavy atom. The first-order valence-corrected chi connectivity index (χ1v) is 9.73. The zero-order chi connectivity index (χ0) is 19.0. The molecule has 2 aromatic rings. The summed E-state index contributed by atoms with van der Waals surface area (Å²) < 4.78 is 0. The van der Waals surface area contributed by atoms with E-state index in [4.69, 9.17) is 5.11 Å². The van der Waals surface area contributed by atoms with E-state index in [0.29, 0.717) is 34.0 Å². The van der Waals surface area contributed by atoms with Gasteiger partial charge in [0.15, 0.2) is 5.82 Å². The van der Waals surface area contributed by atoms with Crippen molar-refractivity contribution in [3.63, 3.8) is 0 Å². The van der Waals surface area contributed by atoms with Crippen LogP contribution in [-0.4, -0.2) is 43.6 Å². The number of benzene rings is 1. The van der Waals surface area contributed by atoms with Crippen LogP contribution in [0.25, 0.3) is 16.6 Å². The Balaban J connectivity index is 1.77. The molecular weight excluding hydrogens is 364 g/mol. The summed E-state index contributed by atoms with van der Waals surface area (Å²) in [6.07, 6.45) is 5.54. The molecule has 0 amide bonds. The lowest BCUT2D eigenvalue weighted by Crippen LogP contribution is -2.34. The molecule has 0 spiro atoms. The highest BCUT2D eigenvalue weighted by atomic mass is 32.2. The lowest BCUT2D eigenvalue weighted by molar-refractivity contribution is -0.111. The molecule has 27 heavy (non-hydrogen) atoms. The number of carbonyl (C=O) groups is 2. The van der Waals surface area contributed by atoms with Gasteiger partial charge < -0.3 is 15.0 Å². The number of allylic oxidation sites excluding steroid dienone is 1. The minimum atomic E-state index is -1.02. The second-order valence-electron chi connectivity index (χ2n) is 6.81. The maximum Gasteiger partial charge on any atom is 0.335 e. The normalized spacial score (nSPS) is 20.1. The standard InChI is InChI=1S/C19H18N4O3S/c20-9-13(17-21-14-7-6-11(19(25)26)8-15(14)22-17)18-23(10-16(24)27-18)12-4-2-1-3-5-12/h6-8,12H,1-5,10H2,(H,21,22)(H,25,26)/b18-13+. The van der Waals surface area contributed by atoms with E-state index in [-0.39, 0.29) is 16.7 Å². The topological polar surface area (TPSA) is 110 Å². The van der Waals surface area contributed by atoms with Crippen LogP contribution >= 0.6 is 11.8 Å². The van der Waals surface area contributed by atoms with Gasteiger partial charge in [0.05, 0.1) is 23.1 Å². The number of carboxylic acid groups (broad SMARTS) is 1. The van der Waals surface area contributed by atoms with Gasteiger partial charge in [0, 0.05) is 6.04 Å². The van der Waals surface area contributed by atoms with Crippen LogP contribution in [0.15, 0.2) is 23.2 Å². The fraction of sp³-hybridized carbons (Fsp3) is 0.368. The summed E-state index contributed by atoms with van der Waals surface area (Å²) in [5.41, 5.74) is 1.63. The van der Waals surface area contributed by atoms with Crippen LogP contribution in [0, 0.1) is 11.3 Å². The van der Waals surface area contributed by atoms with Crippen molar-refractivity contribution in [1.29, 1.82) is 5.26 Å². The highest BCUT2D eigenvalue weighted by molar-refractivity contribution is 8.17. The summed E-state index contributed by atoms with van der Waals surface area (Å²) in [4.78, 5) is 32.9. The van der Waals surface area contributed by atoms with Crippen molar-refractivity contribution < 1.29 is 14.7 Å². The van der Waals surface area contributed by atoms with Gasteiger partial charge >= 0.3 is 5.97 Å². The summed E-state index contributed by atoms with van der Waals surface area (Å²) >= 11 is 1.10. The second-order valence-corrected chi connectivity index (χ2v) is 7.85. The summed E-state index contributed by atoms with van der Waals surface area (Å²) in [6, 6.07) is 7.08. The maximum atomic E-state index is 12.1. The molecule has 1 aliphatic carbocycles. The second kappa shape index (κ2) is 7.08. The van der Waals surface area contributed by atoms with E-state index in [0.717, 1.165) is 37.4 Å². The number of aromatic nitrogens is 2. The van der Waals surface area contributed by atoms with E-state index in [9.17, 15) is 14.9 Å². The fourth-order valence-corrected chi connectivity index (χ4v) is 4.75. The van der Waals surface area contributed by atoms with Gasteiger partial charge in [-0.1, -0.05) is 19.3 Å². The molecule has 7 nitrogen and oxygen atoms in total. The number of carbonyl (C=O) groups excluding carboxylic acids is 1. The number of imidazole rings is 1. The van der Waals surface area contributed by atoms with Gasteiger partial charge in [-0.15, -0.1) is 0 Å². The highest BCUT2D eigenvalue weighted by Crippen LogP contribution is 2.39. The molecule has 4 rings (SSSR count). The Labute approximate surface area is 160 Å². The number of fused-ring (bicyclic) bond motifs is 1. The molecule has 0 unspecified atom stereocenters. The lowest BCUT2D eigenvalue weighted by Gasteiger charge is -2.32. The Kier molecular flexibility index (Phi) is 4.62. The fourth-order valence-electron chi connectivity index (χ4n) is 3.76. The van der Waals surface area contributed by atoms with Gasteiger partial charge in [-0.25, -0.2) is 9.78 Å². The van der Waals surface area contributed by atoms with Gasteiger partial charge in [0.25, 0.3) is 0 Å². The molecule has 0 bridgehead atoms. The molecule has 138 valence electrons. The van der Waals surface area contributed by atoms with E-state index in [1.54, 1.807) is 6.07 Å². The summed E-state index contributed by atoms with van der Waals surface area (Å²) in [6.45, 7) is 0.319. The molecule has 1 aliphatic heterocycles. The molecule has 2 fully saturated rings. The van der Waals surface area contributed by atoms with Crippen molar-refractivity contribution in [2.45, 2.75) is 38.1 Å². The lowest BCUT2D eigenvalue weighted by atomic mass is 9.94. The molecule has 2 aliphatic rings. The smallest absolute Gasteiger partial charge is 0.335 e. The minimum Gasteiger partial charge on any atom is -0.478 e. The molecule has 1 aromatic heterocycles. The van der Waals surface area contributed by atoms with Crippen LogP contribution in [0.2, 0.25) is 0 Å². The third kappa shape index (κ3) is 3.30. The minimum absolute atomic E-state index is 0.0348. The summed E-state index contributed by atoms with van der Waals surface area (Å²) in [5, 5.41) is 19.6. The van der Waals surface area contributed by atoms with Crippen molar-refractivity contribution in [1.82, 2.24) is 14.9 Å². The molecule has 2 heterocycles. The first-order chi connectivity index (χ1) is 13.1. The van der Waals surface area contributed by atoms with Crippen LogP contribution in [0.3, 0.4) is 0 Å². The first kappa shape index (κ1) is 17.6. The number of aromatic amines is 1. The maximum absolute atomic E-state index is 12.1. The number of thioether (sulfide) groups is 1. The summed E-state index contributed by atoms with van der Waals surface area (Å²) in [5.74, 6) is -0.652. The number of H-pyrrole nitrogens is 1. The molecule has 2 N–H and O–H groups in total. The van der Waals surface area contributed by atoms with E-state index in [2.05, 4.69) is 20.9 Å². The number of rotatable bonds is 3. The largest absolute Gasteiger partial charge is 0.478 e. The van der Waals surface area contributed by atoms with Gasteiger partial charge in [-0.05, 0) is 42.8 Å². The van der Waals surface area contributed by atoms with Crippen LogP contribution in [0.1, 0.15) is 48.3 Å². The Morgan fingerprint density at radius 2 is 2.11 bits per heavy atom. The summed E-state index contributed by atoms with van der Waals surface area (Å²) in [7, 11) is 0. The number of hydrogen-bond donors (Lipinski definition) is 2. The van der Waals surface area contributed by atoms with Gasteiger partial charge in [-0.2, -0.15) is 5.26 Å². The molecule has 0 atom stereocenters. The third-order valence-electron chi connectivity index (χ3n) is 5.08. The van der Waals surface area contributed by atoms with Gasteiger partial charge in [-0.3, -0.25) is 4.79 Å². The van der Waals surface area contributed by atoms with Crippen molar-refractivity contribution in [2.24, 2.45) is 0 Å². The van der Waals surface area contributed by atoms with E-state index in [1.807, 2.05) is 0 Å². The van der Waals surface area contributed by atoms with Crippen molar-refractivity contribution in [3.05, 3.63) is 34.6 Å². The van der Waals surface area contributed by atoms with Crippen LogP contribution in [-0.2, 0) is 4.79 Å². The quantitative estimate of drug-likeness (QED) is 0.783. The monoisotopic (exact) mass is 382 g/mol. The first-order valence-electron chi connectivity index (χ1n) is 8.92. The average molecular weight is 382 g/mol. The molecule has 1 saturated heterocycles. The Bertz CT molecular complexity index is 998. The van der Waals surface area contributed by atoms with Crippen molar-refractivity contribution >= 4 is 39.5 Å². The average Bonchev–Trinajstić information content (AvgIpc) is 3.26. The van der Waals surface area contributed by atoms with Crippen molar-refractivity contribution in [2.75, 3.05) is 6.54 Å². The number of nitrogens with zero attached hydrogens (tertiary/aromatic N) is 3. The Hall–Kier alpha value is -2.79. The zero-order valence-electron chi connectivity index (χ0n) is 14.6. The molecule has 0 radical (unpaired) electrons. The van der Waals surface area contributed by atoms with E-state index < -0.39 is 5.97 Å². The van der Waals surface area contributed by atoms with Crippen molar-refractivity contribution in [3.8, 4) is 6.07 Å². The number of aromatic carboxylic acids is 1. The number of nitriles is 1. The predicted octanol–water partition coefficient (Wildman–Crippen LogP) is 3.36. The molecule has 1 saturated carbocycles. The van der Waals surface area contributed by atoms with E-state index in [1.165, 1.54) is 18.6 Å². The van der Waals surface area contributed by atoms with Crippen LogP contribution < -0.4 is 0 Å². The SMILES string of the molecule is N#C/C(=C1\SC(=O)CN1C1CCCCC1)c1nc2ccc(C(=O)O)cc2[nH]1. The van der Waals surface area contributed by atoms with Crippen LogP contribution in [0.4, 0.5) is 0 Å².